The second-order valence-electron chi connectivity index (χ2n) is 5.21. The molecule has 116 valence electrons. The number of amides is 2. The Morgan fingerprint density at radius 2 is 1.81 bits per heavy atom. The zero-order valence-electron chi connectivity index (χ0n) is 12.7. The van der Waals surface area contributed by atoms with Crippen molar-refractivity contribution in [1.29, 1.82) is 0 Å². The summed E-state index contributed by atoms with van der Waals surface area (Å²) in [6, 6.07) is 5.49. The number of carbonyl (C=O) groups excluding carboxylic acids is 1. The predicted molar refractivity (Wildman–Crippen MR) is 77.4 cm³/mol. The predicted octanol–water partition coefficient (Wildman–Crippen LogP) is 2.59. The lowest BCUT2D eigenvalue weighted by Gasteiger charge is -2.30. The van der Waals surface area contributed by atoms with Crippen LogP contribution in [0.2, 0.25) is 0 Å². The van der Waals surface area contributed by atoms with Crippen molar-refractivity contribution in [2.24, 2.45) is 5.92 Å². The number of nitrogens with zero attached hydrogens (tertiary/aromatic N) is 2. The number of carbonyl (C=O) groups is 2. The summed E-state index contributed by atoms with van der Waals surface area (Å²) >= 11 is 0. The van der Waals surface area contributed by atoms with Gasteiger partial charge in [-0.2, -0.15) is 0 Å². The Kier molecular flexibility index (Phi) is 5.69. The maximum Gasteiger partial charge on any atom is 0.320 e. The highest BCUT2D eigenvalue weighted by atomic mass is 19.1. The fourth-order valence-corrected chi connectivity index (χ4v) is 2.02. The van der Waals surface area contributed by atoms with E-state index in [1.54, 1.807) is 32.2 Å². The van der Waals surface area contributed by atoms with E-state index in [1.807, 2.05) is 0 Å². The van der Waals surface area contributed by atoms with Crippen LogP contribution in [0.4, 0.5) is 9.18 Å². The number of benzene rings is 1. The van der Waals surface area contributed by atoms with Crippen LogP contribution in [-0.2, 0) is 4.79 Å². The van der Waals surface area contributed by atoms with Crippen molar-refractivity contribution >= 4 is 12.0 Å². The van der Waals surface area contributed by atoms with E-state index >= 15 is 0 Å². The van der Waals surface area contributed by atoms with Crippen LogP contribution >= 0.6 is 0 Å². The van der Waals surface area contributed by atoms with Gasteiger partial charge in [-0.25, -0.2) is 9.18 Å². The quantitative estimate of drug-likeness (QED) is 0.908. The molecule has 0 aliphatic carbocycles. The molecule has 0 aromatic heterocycles. The van der Waals surface area contributed by atoms with Crippen molar-refractivity contribution in [3.8, 4) is 0 Å². The average molecular weight is 296 g/mol. The van der Waals surface area contributed by atoms with Gasteiger partial charge >= 0.3 is 12.0 Å². The highest BCUT2D eigenvalue weighted by molar-refractivity contribution is 5.76. The van der Waals surface area contributed by atoms with Crippen molar-refractivity contribution < 1.29 is 19.1 Å². The fraction of sp³-hybridized carbons (Fsp3) is 0.467. The van der Waals surface area contributed by atoms with E-state index in [1.165, 1.54) is 29.8 Å². The lowest BCUT2D eigenvalue weighted by molar-refractivity contribution is -0.141. The molecule has 21 heavy (non-hydrogen) atoms. The van der Waals surface area contributed by atoms with E-state index in [-0.39, 0.29) is 18.4 Å². The molecule has 0 aliphatic heterocycles. The van der Waals surface area contributed by atoms with Gasteiger partial charge in [0, 0.05) is 26.2 Å². The van der Waals surface area contributed by atoms with Gasteiger partial charge in [0.15, 0.2) is 0 Å². The molecule has 2 amide bonds. The van der Waals surface area contributed by atoms with Crippen LogP contribution in [0.1, 0.15) is 25.5 Å². The number of hydrogen-bond acceptors (Lipinski definition) is 2. The number of halogens is 1. The molecule has 2 atom stereocenters. The minimum Gasteiger partial charge on any atom is -0.481 e. The minimum atomic E-state index is -0.959. The fourth-order valence-electron chi connectivity index (χ4n) is 2.02. The third-order valence-electron chi connectivity index (χ3n) is 3.53. The van der Waals surface area contributed by atoms with Crippen LogP contribution in [0, 0.1) is 11.7 Å². The Morgan fingerprint density at radius 1 is 1.24 bits per heavy atom. The van der Waals surface area contributed by atoms with Crippen molar-refractivity contribution in [3.63, 3.8) is 0 Å². The molecule has 5 nitrogen and oxygen atoms in total. The number of aliphatic carboxylic acids is 1. The molecule has 0 fully saturated rings. The summed E-state index contributed by atoms with van der Waals surface area (Å²) < 4.78 is 13.8. The number of urea groups is 1. The number of carboxylic acids is 1. The van der Waals surface area contributed by atoms with Crippen LogP contribution in [-0.4, -0.2) is 47.5 Å². The first-order valence-corrected chi connectivity index (χ1v) is 6.70. The van der Waals surface area contributed by atoms with Crippen LogP contribution in [0.5, 0.6) is 0 Å². The molecule has 1 rings (SSSR count). The summed E-state index contributed by atoms with van der Waals surface area (Å²) in [7, 11) is 3.10. The van der Waals surface area contributed by atoms with Gasteiger partial charge in [0.25, 0.3) is 0 Å². The molecule has 0 bridgehead atoms. The van der Waals surface area contributed by atoms with Gasteiger partial charge in [-0.1, -0.05) is 25.1 Å². The summed E-state index contributed by atoms with van der Waals surface area (Å²) in [5.41, 5.74) is 0.424. The monoisotopic (exact) mass is 296 g/mol. The standard InChI is InChI=1S/C15H21FN2O3/c1-10(14(19)20)9-17(3)15(21)18(4)11(2)12-7-5-6-8-13(12)16/h5-8,10-11H,9H2,1-4H3,(H,19,20). The molecular weight excluding hydrogens is 275 g/mol. The summed E-state index contributed by atoms with van der Waals surface area (Å²) in [4.78, 5) is 25.8. The van der Waals surface area contributed by atoms with Crippen LogP contribution in [0.15, 0.2) is 24.3 Å². The van der Waals surface area contributed by atoms with Crippen molar-refractivity contribution in [2.75, 3.05) is 20.6 Å². The third-order valence-corrected chi connectivity index (χ3v) is 3.53. The Balaban J connectivity index is 2.78. The van der Waals surface area contributed by atoms with Crippen LogP contribution in [0.25, 0.3) is 0 Å². The first kappa shape index (κ1) is 16.9. The van der Waals surface area contributed by atoms with Crippen molar-refractivity contribution in [3.05, 3.63) is 35.6 Å². The minimum absolute atomic E-state index is 0.0997. The Hall–Kier alpha value is -2.11. The molecule has 0 aliphatic rings. The second kappa shape index (κ2) is 7.06. The average Bonchev–Trinajstić information content (AvgIpc) is 2.45. The molecule has 0 heterocycles. The first-order chi connectivity index (χ1) is 9.75. The molecule has 0 saturated carbocycles. The van der Waals surface area contributed by atoms with E-state index < -0.39 is 17.9 Å². The molecule has 6 heteroatoms. The summed E-state index contributed by atoms with van der Waals surface area (Å²) in [5.74, 6) is -1.98. The van der Waals surface area contributed by atoms with E-state index in [4.69, 9.17) is 5.11 Å². The molecule has 1 N–H and O–H groups in total. The van der Waals surface area contributed by atoms with Gasteiger partial charge in [-0.05, 0) is 13.0 Å². The molecule has 0 saturated heterocycles. The van der Waals surface area contributed by atoms with Gasteiger partial charge < -0.3 is 14.9 Å². The molecule has 1 aromatic rings. The van der Waals surface area contributed by atoms with Crippen molar-refractivity contribution in [1.82, 2.24) is 9.80 Å². The van der Waals surface area contributed by atoms with E-state index in [0.29, 0.717) is 5.56 Å². The van der Waals surface area contributed by atoms with Gasteiger partial charge in [0.2, 0.25) is 0 Å². The van der Waals surface area contributed by atoms with Crippen LogP contribution < -0.4 is 0 Å². The van der Waals surface area contributed by atoms with E-state index in [9.17, 15) is 14.0 Å². The summed E-state index contributed by atoms with van der Waals surface area (Å²) in [6.45, 7) is 3.36. The van der Waals surface area contributed by atoms with Gasteiger partial charge in [0.1, 0.15) is 5.82 Å². The Morgan fingerprint density at radius 3 is 2.33 bits per heavy atom. The number of rotatable bonds is 5. The van der Waals surface area contributed by atoms with Gasteiger partial charge in [-0.15, -0.1) is 0 Å². The largest absolute Gasteiger partial charge is 0.481 e. The zero-order chi connectivity index (χ0) is 16.2. The van der Waals surface area contributed by atoms with Gasteiger partial charge in [-0.3, -0.25) is 4.79 Å². The topological polar surface area (TPSA) is 60.9 Å². The Labute approximate surface area is 124 Å². The van der Waals surface area contributed by atoms with E-state index in [0.717, 1.165) is 0 Å². The molecule has 2 unspecified atom stereocenters. The normalized spacial score (nSPS) is 13.4. The smallest absolute Gasteiger partial charge is 0.320 e. The lowest BCUT2D eigenvalue weighted by atomic mass is 10.1. The molecule has 0 radical (unpaired) electrons. The van der Waals surface area contributed by atoms with E-state index in [2.05, 4.69) is 0 Å². The molecule has 1 aromatic carbocycles. The highest BCUT2D eigenvalue weighted by Crippen LogP contribution is 2.22. The maximum absolute atomic E-state index is 13.8. The molecular formula is C15H21FN2O3. The highest BCUT2D eigenvalue weighted by Gasteiger charge is 2.24. The first-order valence-electron chi connectivity index (χ1n) is 6.70. The Bertz CT molecular complexity index is 521. The summed E-state index contributed by atoms with van der Waals surface area (Å²) in [5, 5.41) is 8.87. The zero-order valence-corrected chi connectivity index (χ0v) is 12.7. The maximum atomic E-state index is 13.8. The lowest BCUT2D eigenvalue weighted by Crippen LogP contribution is -2.42. The molecule has 0 spiro atoms. The second-order valence-corrected chi connectivity index (χ2v) is 5.21. The summed E-state index contributed by atoms with van der Waals surface area (Å²) in [6.07, 6.45) is 0. The number of carboxylic acid groups (broad SMARTS) is 1. The van der Waals surface area contributed by atoms with Gasteiger partial charge in [0.05, 0.1) is 12.0 Å². The van der Waals surface area contributed by atoms with Crippen LogP contribution in [0.3, 0.4) is 0 Å². The number of hydrogen-bond donors (Lipinski definition) is 1. The SMILES string of the molecule is CC(CN(C)C(=O)N(C)C(C)c1ccccc1F)C(=O)O. The van der Waals surface area contributed by atoms with Crippen molar-refractivity contribution in [2.45, 2.75) is 19.9 Å². The third kappa shape index (κ3) is 4.18.